The zero-order valence-corrected chi connectivity index (χ0v) is 10.0. The number of carbonyl (C=O) groups excluding carboxylic acids is 1. The van der Waals surface area contributed by atoms with Gasteiger partial charge in [-0.05, 0) is 36.1 Å². The molecule has 1 aromatic rings. The fraction of sp³-hybridized carbons (Fsp3) is 0.417. The predicted molar refractivity (Wildman–Crippen MR) is 68.1 cm³/mol. The third-order valence-corrected chi connectivity index (χ3v) is 2.35. The molecule has 96 valence electrons. The number of azide groups is 1. The Hall–Kier alpha value is -2.20. The van der Waals surface area contributed by atoms with Gasteiger partial charge in [-0.3, -0.25) is 4.79 Å². The van der Waals surface area contributed by atoms with Crippen molar-refractivity contribution in [2.45, 2.75) is 19.3 Å². The van der Waals surface area contributed by atoms with Crippen LogP contribution in [-0.2, 0) is 11.2 Å². The van der Waals surface area contributed by atoms with Crippen molar-refractivity contribution >= 4 is 5.91 Å². The zero-order chi connectivity index (χ0) is 13.2. The van der Waals surface area contributed by atoms with E-state index < -0.39 is 0 Å². The van der Waals surface area contributed by atoms with Crippen LogP contribution in [0.4, 0.5) is 0 Å². The van der Waals surface area contributed by atoms with Gasteiger partial charge in [0.15, 0.2) is 0 Å². The minimum absolute atomic E-state index is 0.0793. The molecule has 0 aliphatic heterocycles. The maximum atomic E-state index is 11.5. The van der Waals surface area contributed by atoms with Crippen LogP contribution in [0.3, 0.4) is 0 Å². The highest BCUT2D eigenvalue weighted by Gasteiger charge is 2.02. The quantitative estimate of drug-likeness (QED) is 0.334. The van der Waals surface area contributed by atoms with Gasteiger partial charge in [-0.1, -0.05) is 17.2 Å². The molecule has 0 saturated heterocycles. The summed E-state index contributed by atoms with van der Waals surface area (Å²) < 4.78 is 0. The molecule has 0 spiro atoms. The lowest BCUT2D eigenvalue weighted by Crippen LogP contribution is -2.26. The van der Waals surface area contributed by atoms with E-state index in [1.54, 1.807) is 24.3 Å². The molecular formula is C12H16N4O2. The Kier molecular flexibility index (Phi) is 6.14. The van der Waals surface area contributed by atoms with Crippen molar-refractivity contribution in [3.8, 4) is 5.75 Å². The van der Waals surface area contributed by atoms with Crippen LogP contribution >= 0.6 is 0 Å². The zero-order valence-electron chi connectivity index (χ0n) is 10.0. The first-order valence-corrected chi connectivity index (χ1v) is 5.78. The first-order valence-electron chi connectivity index (χ1n) is 5.78. The molecule has 0 aromatic heterocycles. The van der Waals surface area contributed by atoms with Crippen molar-refractivity contribution in [2.24, 2.45) is 5.11 Å². The van der Waals surface area contributed by atoms with Gasteiger partial charge in [0.1, 0.15) is 5.75 Å². The Morgan fingerprint density at radius 1 is 1.44 bits per heavy atom. The van der Waals surface area contributed by atoms with Crippen molar-refractivity contribution in [1.29, 1.82) is 0 Å². The number of hydrogen-bond donors (Lipinski definition) is 2. The van der Waals surface area contributed by atoms with Crippen LogP contribution in [0.5, 0.6) is 5.75 Å². The molecule has 1 aromatic carbocycles. The molecule has 0 saturated carbocycles. The molecule has 18 heavy (non-hydrogen) atoms. The summed E-state index contributed by atoms with van der Waals surface area (Å²) in [5, 5.41) is 15.4. The van der Waals surface area contributed by atoms with E-state index in [2.05, 4.69) is 15.3 Å². The molecule has 6 nitrogen and oxygen atoms in total. The Bertz CT molecular complexity index is 441. The van der Waals surface area contributed by atoms with Gasteiger partial charge < -0.3 is 10.4 Å². The van der Waals surface area contributed by atoms with Gasteiger partial charge in [0.25, 0.3) is 0 Å². The van der Waals surface area contributed by atoms with Crippen LogP contribution < -0.4 is 5.32 Å². The Morgan fingerprint density at radius 3 is 3.00 bits per heavy atom. The minimum Gasteiger partial charge on any atom is -0.508 e. The van der Waals surface area contributed by atoms with Crippen molar-refractivity contribution < 1.29 is 9.90 Å². The number of carbonyl (C=O) groups is 1. The SMILES string of the molecule is [N-]=[N+]=NCCCCNC(=O)Cc1cccc(O)c1. The monoisotopic (exact) mass is 248 g/mol. The third-order valence-electron chi connectivity index (χ3n) is 2.35. The summed E-state index contributed by atoms with van der Waals surface area (Å²) in [4.78, 5) is 14.2. The number of amides is 1. The van der Waals surface area contributed by atoms with Gasteiger partial charge >= 0.3 is 0 Å². The first-order chi connectivity index (χ1) is 8.72. The van der Waals surface area contributed by atoms with Gasteiger partial charge in [-0.25, -0.2) is 0 Å². The molecule has 0 fully saturated rings. The number of phenolic OH excluding ortho intramolecular Hbond substituents is 1. The number of benzene rings is 1. The maximum absolute atomic E-state index is 11.5. The van der Waals surface area contributed by atoms with Crippen LogP contribution in [0, 0.1) is 0 Å². The normalized spacial score (nSPS) is 9.56. The second kappa shape index (κ2) is 7.97. The van der Waals surface area contributed by atoms with Gasteiger partial charge in [-0.2, -0.15) is 0 Å². The van der Waals surface area contributed by atoms with E-state index in [9.17, 15) is 9.90 Å². The third kappa shape index (κ3) is 5.77. The first kappa shape index (κ1) is 13.9. The molecule has 1 rings (SSSR count). The number of nitrogens with one attached hydrogen (secondary N) is 1. The molecule has 0 heterocycles. The van der Waals surface area contributed by atoms with E-state index >= 15 is 0 Å². The van der Waals surface area contributed by atoms with Gasteiger partial charge in [0.05, 0.1) is 6.42 Å². The number of unbranched alkanes of at least 4 members (excludes halogenated alkanes) is 1. The molecule has 0 bridgehead atoms. The second-order valence-corrected chi connectivity index (χ2v) is 3.86. The topological polar surface area (TPSA) is 98.1 Å². The molecule has 2 N–H and O–H groups in total. The Balaban J connectivity index is 2.19. The van der Waals surface area contributed by atoms with Crippen LogP contribution in [0.2, 0.25) is 0 Å². The summed E-state index contributed by atoms with van der Waals surface area (Å²) in [6.07, 6.45) is 1.80. The minimum atomic E-state index is -0.0793. The summed E-state index contributed by atoms with van der Waals surface area (Å²) >= 11 is 0. The van der Waals surface area contributed by atoms with Crippen LogP contribution in [0.25, 0.3) is 10.4 Å². The van der Waals surface area contributed by atoms with Gasteiger partial charge in [0, 0.05) is 18.0 Å². The van der Waals surface area contributed by atoms with Crippen molar-refractivity contribution in [2.75, 3.05) is 13.1 Å². The van der Waals surface area contributed by atoms with E-state index in [0.29, 0.717) is 13.1 Å². The fourth-order valence-electron chi connectivity index (χ4n) is 1.49. The van der Waals surface area contributed by atoms with Crippen LogP contribution in [0.1, 0.15) is 18.4 Å². The lowest BCUT2D eigenvalue weighted by molar-refractivity contribution is -0.120. The van der Waals surface area contributed by atoms with E-state index in [0.717, 1.165) is 18.4 Å². The lowest BCUT2D eigenvalue weighted by atomic mass is 10.1. The largest absolute Gasteiger partial charge is 0.508 e. The van der Waals surface area contributed by atoms with Crippen molar-refractivity contribution in [1.82, 2.24) is 5.32 Å². The van der Waals surface area contributed by atoms with Crippen molar-refractivity contribution in [3.63, 3.8) is 0 Å². The molecule has 0 atom stereocenters. The van der Waals surface area contributed by atoms with Crippen LogP contribution in [-0.4, -0.2) is 24.1 Å². The summed E-state index contributed by atoms with van der Waals surface area (Å²) in [6, 6.07) is 6.64. The van der Waals surface area contributed by atoms with Gasteiger partial charge in [0.2, 0.25) is 5.91 Å². The van der Waals surface area contributed by atoms with E-state index in [1.807, 2.05) is 0 Å². The number of aromatic hydroxyl groups is 1. The molecule has 1 amide bonds. The summed E-state index contributed by atoms with van der Waals surface area (Å²) in [5.41, 5.74) is 8.84. The summed E-state index contributed by atoms with van der Waals surface area (Å²) in [5.74, 6) is 0.0825. The highest BCUT2D eigenvalue weighted by molar-refractivity contribution is 5.78. The molecule has 0 aliphatic carbocycles. The smallest absolute Gasteiger partial charge is 0.224 e. The standard InChI is InChI=1S/C12H16N4O2/c13-16-15-7-2-1-6-14-12(18)9-10-4-3-5-11(17)8-10/h3-5,8,17H,1-2,6-7,9H2,(H,14,18). The van der Waals surface area contributed by atoms with E-state index in [1.165, 1.54) is 0 Å². The molecule has 0 unspecified atom stereocenters. The summed E-state index contributed by atoms with van der Waals surface area (Å²) in [6.45, 7) is 1.03. The second-order valence-electron chi connectivity index (χ2n) is 3.86. The molecule has 6 heteroatoms. The van der Waals surface area contributed by atoms with Crippen molar-refractivity contribution in [3.05, 3.63) is 40.3 Å². The predicted octanol–water partition coefficient (Wildman–Crippen LogP) is 2.14. The number of phenols is 1. The fourth-order valence-corrected chi connectivity index (χ4v) is 1.49. The number of hydrogen-bond acceptors (Lipinski definition) is 3. The molecular weight excluding hydrogens is 232 g/mol. The summed E-state index contributed by atoms with van der Waals surface area (Å²) in [7, 11) is 0. The van der Waals surface area contributed by atoms with E-state index in [-0.39, 0.29) is 18.1 Å². The van der Waals surface area contributed by atoms with Crippen LogP contribution in [0.15, 0.2) is 29.4 Å². The Morgan fingerprint density at radius 2 is 2.28 bits per heavy atom. The highest BCUT2D eigenvalue weighted by atomic mass is 16.3. The Labute approximate surface area is 105 Å². The van der Waals surface area contributed by atoms with E-state index in [4.69, 9.17) is 5.53 Å². The highest BCUT2D eigenvalue weighted by Crippen LogP contribution is 2.11. The van der Waals surface area contributed by atoms with Gasteiger partial charge in [-0.15, -0.1) is 0 Å². The molecule has 0 aliphatic rings. The maximum Gasteiger partial charge on any atom is 0.224 e. The average molecular weight is 248 g/mol. The lowest BCUT2D eigenvalue weighted by Gasteiger charge is -2.05. The average Bonchev–Trinajstić information content (AvgIpc) is 2.33. The number of rotatable bonds is 7. The number of nitrogens with zero attached hydrogens (tertiary/aromatic N) is 3. The molecule has 0 radical (unpaired) electrons.